The lowest BCUT2D eigenvalue weighted by molar-refractivity contribution is 0.405. The Balaban J connectivity index is 0.00000150. The van der Waals surface area contributed by atoms with Gasteiger partial charge >= 0.3 is 0 Å². The van der Waals surface area contributed by atoms with Crippen molar-refractivity contribution in [3.8, 4) is 11.4 Å². The molecule has 0 saturated carbocycles. The number of rotatable bonds is 6. The Hall–Kier alpha value is -2.40. The molecule has 29 heavy (non-hydrogen) atoms. The number of hydrogen-bond donors (Lipinski definition) is 1. The van der Waals surface area contributed by atoms with Gasteiger partial charge in [0.2, 0.25) is 0 Å². The number of nitrogens with zero attached hydrogens (tertiary/aromatic N) is 3. The van der Waals surface area contributed by atoms with E-state index in [1.54, 1.807) is 0 Å². The van der Waals surface area contributed by atoms with Crippen LogP contribution < -0.4 is 5.32 Å². The minimum absolute atomic E-state index is 0. The van der Waals surface area contributed by atoms with E-state index in [2.05, 4.69) is 72.8 Å². The van der Waals surface area contributed by atoms with Crippen LogP contribution in [0.5, 0.6) is 0 Å². The third-order valence-corrected chi connectivity index (χ3v) is 4.69. The first-order chi connectivity index (χ1) is 13.2. The Morgan fingerprint density at radius 2 is 1.55 bits per heavy atom. The first kappa shape index (κ1) is 22.9. The zero-order valence-corrected chi connectivity index (χ0v) is 18.3. The van der Waals surface area contributed by atoms with E-state index in [9.17, 15) is 0 Å². The van der Waals surface area contributed by atoms with Gasteiger partial charge in [-0.1, -0.05) is 48.5 Å². The molecule has 0 bridgehead atoms. The van der Waals surface area contributed by atoms with Gasteiger partial charge in [-0.3, -0.25) is 0 Å². The lowest BCUT2D eigenvalue weighted by atomic mass is 10.1. The van der Waals surface area contributed by atoms with Crippen molar-refractivity contribution in [1.82, 2.24) is 14.9 Å². The molecular formula is C23H26Cl2N4. The Morgan fingerprint density at radius 1 is 0.828 bits per heavy atom. The summed E-state index contributed by atoms with van der Waals surface area (Å²) in [4.78, 5) is 11.9. The molecule has 4 aromatic rings. The maximum atomic E-state index is 4.86. The van der Waals surface area contributed by atoms with Gasteiger partial charge in [0.1, 0.15) is 5.82 Å². The van der Waals surface area contributed by atoms with E-state index in [1.807, 2.05) is 18.2 Å². The van der Waals surface area contributed by atoms with E-state index < -0.39 is 0 Å². The Labute approximate surface area is 184 Å². The summed E-state index contributed by atoms with van der Waals surface area (Å²) in [5.74, 6) is 1.66. The largest absolute Gasteiger partial charge is 0.369 e. The third-order valence-electron chi connectivity index (χ3n) is 4.69. The van der Waals surface area contributed by atoms with Crippen LogP contribution in [0.4, 0.5) is 5.82 Å². The molecule has 0 aliphatic rings. The second kappa shape index (κ2) is 10.4. The predicted octanol–water partition coefficient (Wildman–Crippen LogP) is 5.66. The number of para-hydroxylation sites is 1. The van der Waals surface area contributed by atoms with Gasteiger partial charge in [-0.15, -0.1) is 24.8 Å². The van der Waals surface area contributed by atoms with E-state index in [-0.39, 0.29) is 24.8 Å². The summed E-state index contributed by atoms with van der Waals surface area (Å²) in [6, 6.07) is 22.9. The fourth-order valence-electron chi connectivity index (χ4n) is 3.27. The summed E-state index contributed by atoms with van der Waals surface area (Å²) >= 11 is 0. The minimum Gasteiger partial charge on any atom is -0.369 e. The molecule has 0 fully saturated rings. The number of anilines is 1. The van der Waals surface area contributed by atoms with E-state index in [0.29, 0.717) is 0 Å². The molecule has 1 N–H and O–H groups in total. The highest BCUT2D eigenvalue weighted by molar-refractivity contribution is 5.92. The van der Waals surface area contributed by atoms with Gasteiger partial charge in [-0.2, -0.15) is 0 Å². The molecule has 0 aliphatic heterocycles. The van der Waals surface area contributed by atoms with E-state index in [1.165, 1.54) is 10.8 Å². The van der Waals surface area contributed by atoms with Crippen molar-refractivity contribution >= 4 is 52.3 Å². The van der Waals surface area contributed by atoms with Crippen LogP contribution in [-0.2, 0) is 0 Å². The minimum atomic E-state index is 0. The van der Waals surface area contributed by atoms with Crippen LogP contribution in [0, 0.1) is 0 Å². The van der Waals surface area contributed by atoms with Gasteiger partial charge in [-0.25, -0.2) is 9.97 Å². The number of fused-ring (bicyclic) bond motifs is 2. The lowest BCUT2D eigenvalue weighted by Gasteiger charge is -2.13. The molecule has 1 heterocycles. The van der Waals surface area contributed by atoms with Crippen LogP contribution >= 0.6 is 24.8 Å². The average Bonchev–Trinajstić information content (AvgIpc) is 2.70. The van der Waals surface area contributed by atoms with Crippen molar-refractivity contribution < 1.29 is 0 Å². The number of aromatic nitrogens is 2. The van der Waals surface area contributed by atoms with Gasteiger partial charge < -0.3 is 10.2 Å². The molecule has 4 nitrogen and oxygen atoms in total. The molecule has 0 spiro atoms. The van der Waals surface area contributed by atoms with Crippen molar-refractivity contribution in [2.45, 2.75) is 6.42 Å². The molecule has 152 valence electrons. The quantitative estimate of drug-likeness (QED) is 0.402. The SMILES string of the molecule is CN(C)CCCNc1nc(-c2ccc3ccccc3c2)nc2ccccc12.Cl.Cl. The van der Waals surface area contributed by atoms with Crippen molar-refractivity contribution in [3.63, 3.8) is 0 Å². The van der Waals surface area contributed by atoms with E-state index >= 15 is 0 Å². The van der Waals surface area contributed by atoms with Crippen molar-refractivity contribution in [1.29, 1.82) is 0 Å². The summed E-state index contributed by atoms with van der Waals surface area (Å²) in [6.45, 7) is 1.93. The highest BCUT2D eigenvalue weighted by Gasteiger charge is 2.09. The second-order valence-corrected chi connectivity index (χ2v) is 7.06. The molecule has 0 unspecified atom stereocenters. The molecule has 0 aliphatic carbocycles. The first-order valence-corrected chi connectivity index (χ1v) is 9.35. The third kappa shape index (κ3) is 5.36. The zero-order chi connectivity index (χ0) is 18.6. The topological polar surface area (TPSA) is 41.0 Å². The summed E-state index contributed by atoms with van der Waals surface area (Å²) in [6.07, 6.45) is 1.07. The van der Waals surface area contributed by atoms with Gasteiger partial charge in [0, 0.05) is 17.5 Å². The Kier molecular flexibility index (Phi) is 8.21. The summed E-state index contributed by atoms with van der Waals surface area (Å²) in [5, 5.41) is 7.00. The molecule has 0 atom stereocenters. The molecule has 4 rings (SSSR count). The molecule has 0 radical (unpaired) electrons. The average molecular weight is 429 g/mol. The van der Waals surface area contributed by atoms with Gasteiger partial charge in [0.25, 0.3) is 0 Å². The molecular weight excluding hydrogens is 403 g/mol. The summed E-state index contributed by atoms with van der Waals surface area (Å²) < 4.78 is 0. The van der Waals surface area contributed by atoms with Crippen LogP contribution in [0.3, 0.4) is 0 Å². The second-order valence-electron chi connectivity index (χ2n) is 7.06. The molecule has 0 saturated heterocycles. The van der Waals surface area contributed by atoms with Crippen molar-refractivity contribution in [2.75, 3.05) is 32.5 Å². The summed E-state index contributed by atoms with van der Waals surface area (Å²) in [7, 11) is 4.19. The standard InChI is InChI=1S/C23H24N4.2ClH/c1-27(2)15-7-14-24-23-20-10-5-6-11-21(20)25-22(26-23)19-13-12-17-8-3-4-9-18(17)16-19;;/h3-6,8-13,16H,7,14-15H2,1-2H3,(H,24,25,26);2*1H. The number of hydrogen-bond acceptors (Lipinski definition) is 4. The van der Waals surface area contributed by atoms with E-state index in [0.717, 1.165) is 47.6 Å². The van der Waals surface area contributed by atoms with Crippen LogP contribution in [0.1, 0.15) is 6.42 Å². The van der Waals surface area contributed by atoms with Gasteiger partial charge in [-0.05, 0) is 56.0 Å². The van der Waals surface area contributed by atoms with Gasteiger partial charge in [0.15, 0.2) is 5.82 Å². The van der Waals surface area contributed by atoms with Crippen molar-refractivity contribution in [3.05, 3.63) is 66.7 Å². The molecule has 0 amide bonds. The molecule has 3 aromatic carbocycles. The smallest absolute Gasteiger partial charge is 0.162 e. The van der Waals surface area contributed by atoms with Gasteiger partial charge in [0.05, 0.1) is 5.52 Å². The van der Waals surface area contributed by atoms with Crippen LogP contribution in [0.15, 0.2) is 66.7 Å². The van der Waals surface area contributed by atoms with Crippen LogP contribution in [-0.4, -0.2) is 42.1 Å². The van der Waals surface area contributed by atoms with E-state index in [4.69, 9.17) is 9.97 Å². The van der Waals surface area contributed by atoms with Crippen LogP contribution in [0.2, 0.25) is 0 Å². The van der Waals surface area contributed by atoms with Crippen LogP contribution in [0.25, 0.3) is 33.1 Å². The monoisotopic (exact) mass is 428 g/mol. The zero-order valence-electron chi connectivity index (χ0n) is 16.6. The first-order valence-electron chi connectivity index (χ1n) is 9.35. The molecule has 6 heteroatoms. The molecule has 1 aromatic heterocycles. The fraction of sp³-hybridized carbons (Fsp3) is 0.217. The fourth-order valence-corrected chi connectivity index (χ4v) is 3.27. The normalized spacial score (nSPS) is 10.6. The highest BCUT2D eigenvalue weighted by atomic mass is 35.5. The highest BCUT2D eigenvalue weighted by Crippen LogP contribution is 2.27. The maximum absolute atomic E-state index is 4.86. The maximum Gasteiger partial charge on any atom is 0.162 e. The Morgan fingerprint density at radius 3 is 2.34 bits per heavy atom. The number of nitrogens with one attached hydrogen (secondary N) is 1. The summed E-state index contributed by atoms with van der Waals surface area (Å²) in [5.41, 5.74) is 2.00. The predicted molar refractivity (Wildman–Crippen MR) is 129 cm³/mol. The van der Waals surface area contributed by atoms with Crippen molar-refractivity contribution in [2.24, 2.45) is 0 Å². The lowest BCUT2D eigenvalue weighted by Crippen LogP contribution is -2.16. The number of halogens is 2. The Bertz CT molecular complexity index is 1080. The number of benzene rings is 3.